The lowest BCUT2D eigenvalue weighted by atomic mass is 10.1. The molecule has 4 heterocycles. The number of para-hydroxylation sites is 1. The van der Waals surface area contributed by atoms with Crippen molar-refractivity contribution in [2.45, 2.75) is 17.4 Å². The van der Waals surface area contributed by atoms with Gasteiger partial charge in [0.15, 0.2) is 18.2 Å². The standard InChI is InChI=1S/C21H28N10O3S/c1-27-17-16(18(33)23-20(27)34)30(19(22-17)29-9-7-28(8-10-29)11-13-32)12-14-35-21-24-25-26-31(21)15-5-3-2-4-6-15/h2-6,16-17,32H,7-14H2,1H3,(H,23,33,34). The molecule has 0 saturated carbocycles. The number of hydrogen-bond donors (Lipinski definition) is 2. The van der Waals surface area contributed by atoms with Gasteiger partial charge in [0, 0.05) is 52.1 Å². The van der Waals surface area contributed by atoms with Gasteiger partial charge in [-0.15, -0.1) is 5.10 Å². The molecule has 13 nitrogen and oxygen atoms in total. The Kier molecular flexibility index (Phi) is 6.83. The van der Waals surface area contributed by atoms with Gasteiger partial charge in [0.1, 0.15) is 0 Å². The van der Waals surface area contributed by atoms with Crippen molar-refractivity contribution in [2.75, 3.05) is 58.7 Å². The van der Waals surface area contributed by atoms with Crippen LogP contribution in [0.4, 0.5) is 4.79 Å². The SMILES string of the molecule is CN1C(=O)NC(=O)C2C1N=C(N1CCN(CCO)CC1)N2CCSc1nnnn1-c1ccccc1. The van der Waals surface area contributed by atoms with Gasteiger partial charge in [-0.3, -0.25) is 15.0 Å². The summed E-state index contributed by atoms with van der Waals surface area (Å²) in [4.78, 5) is 37.8. The van der Waals surface area contributed by atoms with Crippen LogP contribution in [0.15, 0.2) is 40.5 Å². The van der Waals surface area contributed by atoms with Crippen molar-refractivity contribution in [1.29, 1.82) is 0 Å². The fourth-order valence-corrected chi connectivity index (χ4v) is 5.39. The molecule has 0 radical (unpaired) electrons. The molecular formula is C21H28N10O3S. The number of likely N-dealkylation sites (N-methyl/N-ethyl adjacent to an activating group) is 1. The molecule has 2 N–H and O–H groups in total. The first kappa shape index (κ1) is 23.5. The number of hydrogen-bond acceptors (Lipinski definition) is 11. The monoisotopic (exact) mass is 500 g/mol. The zero-order chi connectivity index (χ0) is 24.4. The maximum atomic E-state index is 12.9. The molecule has 5 rings (SSSR count). The molecule has 35 heavy (non-hydrogen) atoms. The number of carbonyl (C=O) groups excluding carboxylic acids is 2. The van der Waals surface area contributed by atoms with Crippen LogP contribution in [0.2, 0.25) is 0 Å². The Balaban J connectivity index is 1.31. The van der Waals surface area contributed by atoms with Crippen LogP contribution in [-0.4, -0.2) is 134 Å². The lowest BCUT2D eigenvalue weighted by Crippen LogP contribution is -2.64. The third kappa shape index (κ3) is 4.68. The van der Waals surface area contributed by atoms with Crippen LogP contribution in [0, 0.1) is 0 Å². The lowest BCUT2D eigenvalue weighted by molar-refractivity contribution is -0.127. The van der Waals surface area contributed by atoms with Crippen molar-refractivity contribution < 1.29 is 14.7 Å². The zero-order valence-electron chi connectivity index (χ0n) is 19.4. The molecule has 1 aromatic heterocycles. The molecule has 3 aliphatic rings. The third-order valence-corrected chi connectivity index (χ3v) is 7.31. The lowest BCUT2D eigenvalue weighted by Gasteiger charge is -2.40. The van der Waals surface area contributed by atoms with Crippen LogP contribution >= 0.6 is 11.8 Å². The summed E-state index contributed by atoms with van der Waals surface area (Å²) in [6, 6.07) is 8.64. The molecule has 14 heteroatoms. The highest BCUT2D eigenvalue weighted by atomic mass is 32.2. The molecule has 2 aromatic rings. The maximum absolute atomic E-state index is 12.9. The van der Waals surface area contributed by atoms with Crippen molar-refractivity contribution in [2.24, 2.45) is 4.99 Å². The number of aliphatic hydroxyl groups is 1. The number of aliphatic imine (C=N–C) groups is 1. The number of aliphatic hydroxyl groups excluding tert-OH is 1. The third-order valence-electron chi connectivity index (χ3n) is 6.42. The quantitative estimate of drug-likeness (QED) is 0.452. The minimum absolute atomic E-state index is 0.129. The Morgan fingerprint density at radius 1 is 1.11 bits per heavy atom. The largest absolute Gasteiger partial charge is 0.395 e. The van der Waals surface area contributed by atoms with Gasteiger partial charge in [-0.1, -0.05) is 30.0 Å². The predicted molar refractivity (Wildman–Crippen MR) is 128 cm³/mol. The number of amides is 3. The van der Waals surface area contributed by atoms with E-state index in [-0.39, 0.29) is 12.5 Å². The molecule has 186 valence electrons. The highest BCUT2D eigenvalue weighted by Gasteiger charge is 2.49. The van der Waals surface area contributed by atoms with Crippen LogP contribution in [-0.2, 0) is 4.79 Å². The topological polar surface area (TPSA) is 135 Å². The molecule has 2 atom stereocenters. The number of tetrazole rings is 1. The molecule has 3 aliphatic heterocycles. The minimum atomic E-state index is -0.589. The summed E-state index contributed by atoms with van der Waals surface area (Å²) in [6.45, 7) is 4.35. The first-order valence-corrected chi connectivity index (χ1v) is 12.5. The fourth-order valence-electron chi connectivity index (χ4n) is 4.56. The number of imide groups is 1. The summed E-state index contributed by atoms with van der Waals surface area (Å²) in [5.41, 5.74) is 0.871. The van der Waals surface area contributed by atoms with Gasteiger partial charge in [0.05, 0.1) is 12.3 Å². The maximum Gasteiger partial charge on any atom is 0.325 e. The molecule has 0 bridgehead atoms. The molecule has 2 fully saturated rings. The average Bonchev–Trinajstić information content (AvgIpc) is 3.49. The highest BCUT2D eigenvalue weighted by molar-refractivity contribution is 7.99. The van der Waals surface area contributed by atoms with Gasteiger partial charge < -0.3 is 19.8 Å². The second-order valence-corrected chi connectivity index (χ2v) is 9.56. The van der Waals surface area contributed by atoms with Crippen LogP contribution in [0.1, 0.15) is 0 Å². The number of aromatic nitrogens is 4. The molecule has 0 aliphatic carbocycles. The Morgan fingerprint density at radius 3 is 2.63 bits per heavy atom. The predicted octanol–water partition coefficient (Wildman–Crippen LogP) is -1.09. The number of β-amino-alcohol motifs (C(OH)–C–C–N with tert-alkyl or cyclic N) is 1. The number of thioether (sulfide) groups is 1. The van der Waals surface area contributed by atoms with Gasteiger partial charge in [0.25, 0.3) is 5.91 Å². The van der Waals surface area contributed by atoms with E-state index in [9.17, 15) is 14.7 Å². The van der Waals surface area contributed by atoms with E-state index < -0.39 is 18.2 Å². The highest BCUT2D eigenvalue weighted by Crippen LogP contribution is 2.27. The van der Waals surface area contributed by atoms with Crippen LogP contribution in [0.25, 0.3) is 5.69 Å². The second kappa shape index (κ2) is 10.2. The molecule has 2 saturated heterocycles. The Labute approximate surface area is 206 Å². The van der Waals surface area contributed by atoms with Gasteiger partial charge in [0.2, 0.25) is 5.16 Å². The number of piperazine rings is 1. The number of fused-ring (bicyclic) bond motifs is 1. The summed E-state index contributed by atoms with van der Waals surface area (Å²) >= 11 is 1.50. The van der Waals surface area contributed by atoms with Crippen molar-refractivity contribution in [3.8, 4) is 5.69 Å². The van der Waals surface area contributed by atoms with E-state index >= 15 is 0 Å². The zero-order valence-corrected chi connectivity index (χ0v) is 20.2. The Bertz CT molecular complexity index is 1090. The summed E-state index contributed by atoms with van der Waals surface area (Å²) in [6.07, 6.45) is -0.568. The number of carbonyl (C=O) groups is 2. The van der Waals surface area contributed by atoms with Gasteiger partial charge in [-0.25, -0.2) is 9.79 Å². The summed E-state index contributed by atoms with van der Waals surface area (Å²) in [5.74, 6) is 1.00. The molecular weight excluding hydrogens is 472 g/mol. The summed E-state index contributed by atoms with van der Waals surface area (Å²) in [7, 11) is 1.66. The van der Waals surface area contributed by atoms with E-state index in [0.717, 1.165) is 37.8 Å². The first-order chi connectivity index (χ1) is 17.1. The number of urea groups is 1. The summed E-state index contributed by atoms with van der Waals surface area (Å²) in [5, 5.41) is 24.4. The molecule has 1 aromatic carbocycles. The normalized spacial score (nSPS) is 22.9. The number of guanidine groups is 1. The molecule has 2 unspecified atom stereocenters. The van der Waals surface area contributed by atoms with E-state index in [1.807, 2.05) is 35.2 Å². The Morgan fingerprint density at radius 2 is 1.89 bits per heavy atom. The van der Waals surface area contributed by atoms with Gasteiger partial charge in [-0.2, -0.15) is 4.68 Å². The fraction of sp³-hybridized carbons (Fsp3) is 0.524. The first-order valence-electron chi connectivity index (χ1n) is 11.5. The van der Waals surface area contributed by atoms with E-state index in [2.05, 4.69) is 30.6 Å². The van der Waals surface area contributed by atoms with Gasteiger partial charge >= 0.3 is 6.03 Å². The number of nitrogens with one attached hydrogen (secondary N) is 1. The van der Waals surface area contributed by atoms with Gasteiger partial charge in [-0.05, 0) is 22.6 Å². The smallest absolute Gasteiger partial charge is 0.325 e. The number of rotatable bonds is 7. The average molecular weight is 501 g/mol. The second-order valence-electron chi connectivity index (χ2n) is 8.50. The van der Waals surface area contributed by atoms with E-state index in [0.29, 0.717) is 24.0 Å². The summed E-state index contributed by atoms with van der Waals surface area (Å²) < 4.78 is 1.69. The van der Waals surface area contributed by atoms with Crippen LogP contribution < -0.4 is 5.32 Å². The van der Waals surface area contributed by atoms with Crippen molar-refractivity contribution >= 4 is 29.7 Å². The van der Waals surface area contributed by atoms with E-state index in [1.165, 1.54) is 16.7 Å². The van der Waals surface area contributed by atoms with E-state index in [1.54, 1.807) is 11.7 Å². The number of benzene rings is 1. The van der Waals surface area contributed by atoms with Crippen molar-refractivity contribution in [1.82, 2.24) is 45.1 Å². The van der Waals surface area contributed by atoms with Crippen LogP contribution in [0.3, 0.4) is 0 Å². The van der Waals surface area contributed by atoms with Crippen molar-refractivity contribution in [3.63, 3.8) is 0 Å². The minimum Gasteiger partial charge on any atom is -0.395 e. The molecule has 0 spiro atoms. The van der Waals surface area contributed by atoms with E-state index in [4.69, 9.17) is 4.99 Å². The van der Waals surface area contributed by atoms with Crippen molar-refractivity contribution in [3.05, 3.63) is 30.3 Å². The Hall–Kier alpha value is -3.23. The number of nitrogens with zero attached hydrogens (tertiary/aromatic N) is 9. The molecule has 3 amide bonds. The van der Waals surface area contributed by atoms with Crippen LogP contribution in [0.5, 0.6) is 0 Å².